The molecule has 31 heavy (non-hydrogen) atoms. The van der Waals surface area contributed by atoms with E-state index in [-0.39, 0.29) is 40.8 Å². The number of carbonyl (C=O) groups is 1. The van der Waals surface area contributed by atoms with E-state index in [9.17, 15) is 23.6 Å². The van der Waals surface area contributed by atoms with Crippen LogP contribution in [0.3, 0.4) is 0 Å². The maximum Gasteiger partial charge on any atom is 0.256 e. The van der Waals surface area contributed by atoms with Crippen LogP contribution in [0.1, 0.15) is 24.8 Å². The second-order valence-corrected chi connectivity index (χ2v) is 8.44. The van der Waals surface area contributed by atoms with Gasteiger partial charge in [0.1, 0.15) is 17.7 Å². The lowest BCUT2D eigenvalue weighted by Crippen LogP contribution is -2.50. The van der Waals surface area contributed by atoms with E-state index >= 15 is 0 Å². The monoisotopic (exact) mass is 422 g/mol. The van der Waals surface area contributed by atoms with Crippen LogP contribution in [0.5, 0.6) is 0 Å². The molecular weight excluding hydrogens is 402 g/mol. The van der Waals surface area contributed by atoms with Crippen molar-refractivity contribution in [2.45, 2.75) is 43.8 Å². The summed E-state index contributed by atoms with van der Waals surface area (Å²) in [6, 6.07) is 7.69. The van der Waals surface area contributed by atoms with Crippen LogP contribution >= 0.6 is 0 Å². The van der Waals surface area contributed by atoms with Crippen LogP contribution < -0.4 is 16.2 Å². The lowest BCUT2D eigenvalue weighted by Gasteiger charge is -2.23. The van der Waals surface area contributed by atoms with E-state index < -0.39 is 23.2 Å². The van der Waals surface area contributed by atoms with Gasteiger partial charge in [0.05, 0.1) is 17.6 Å². The number of pyridine rings is 1. The van der Waals surface area contributed by atoms with Crippen molar-refractivity contribution < 1.29 is 13.6 Å². The topological polar surface area (TPSA) is 97.8 Å². The molecule has 0 radical (unpaired) electrons. The van der Waals surface area contributed by atoms with Crippen LogP contribution in [-0.2, 0) is 11.2 Å². The summed E-state index contributed by atoms with van der Waals surface area (Å²) in [7, 11) is 0. The van der Waals surface area contributed by atoms with Crippen LogP contribution in [0.4, 0.5) is 8.78 Å². The summed E-state index contributed by atoms with van der Waals surface area (Å²) in [5.74, 6) is -1.06. The van der Waals surface area contributed by atoms with Crippen molar-refractivity contribution in [3.05, 3.63) is 57.9 Å². The molecule has 2 aromatic carbocycles. The highest BCUT2D eigenvalue weighted by molar-refractivity contribution is 6.05. The Bertz CT molecular complexity index is 1310. The van der Waals surface area contributed by atoms with Gasteiger partial charge in [-0.2, -0.15) is 5.26 Å². The summed E-state index contributed by atoms with van der Waals surface area (Å²) in [6.07, 6.45) is 2.96. The van der Waals surface area contributed by atoms with Crippen molar-refractivity contribution in [3.8, 4) is 6.07 Å². The molecule has 6 nitrogen and oxygen atoms in total. The van der Waals surface area contributed by atoms with Gasteiger partial charge in [-0.25, -0.2) is 8.78 Å². The molecule has 1 saturated carbocycles. The van der Waals surface area contributed by atoms with Gasteiger partial charge in [-0.1, -0.05) is 0 Å². The highest BCUT2D eigenvalue weighted by Gasteiger charge is 2.43. The van der Waals surface area contributed by atoms with E-state index in [0.29, 0.717) is 16.8 Å². The average Bonchev–Trinajstić information content (AvgIpc) is 3.37. The van der Waals surface area contributed by atoms with Crippen molar-refractivity contribution in [2.75, 3.05) is 0 Å². The fourth-order valence-electron chi connectivity index (χ4n) is 4.99. The second-order valence-electron chi connectivity index (χ2n) is 8.44. The van der Waals surface area contributed by atoms with Gasteiger partial charge in [0.25, 0.3) is 5.56 Å². The molecule has 1 aliphatic carbocycles. The molecule has 3 N–H and O–H groups in total. The predicted octanol–water partition coefficient (Wildman–Crippen LogP) is 2.65. The largest absolute Gasteiger partial charge is 0.339 e. The molecule has 3 aromatic rings. The molecule has 4 atom stereocenters. The third-order valence-corrected chi connectivity index (χ3v) is 6.49. The van der Waals surface area contributed by atoms with Crippen LogP contribution in [0.2, 0.25) is 0 Å². The number of aromatic amines is 1. The van der Waals surface area contributed by atoms with Crippen molar-refractivity contribution in [3.63, 3.8) is 0 Å². The molecular formula is C23H20F2N4O2. The summed E-state index contributed by atoms with van der Waals surface area (Å²) in [5.41, 5.74) is -0.0320. The Morgan fingerprint density at radius 1 is 1.19 bits per heavy atom. The van der Waals surface area contributed by atoms with E-state index in [1.54, 1.807) is 0 Å². The summed E-state index contributed by atoms with van der Waals surface area (Å²) in [5, 5.41) is 16.6. The first-order valence-corrected chi connectivity index (χ1v) is 10.3. The number of benzene rings is 2. The van der Waals surface area contributed by atoms with Crippen molar-refractivity contribution in [1.82, 2.24) is 15.6 Å². The fraction of sp³-hybridized carbons (Fsp3) is 0.348. The molecule has 0 spiro atoms. The van der Waals surface area contributed by atoms with E-state index in [2.05, 4.69) is 15.6 Å². The van der Waals surface area contributed by atoms with Gasteiger partial charge in [0.15, 0.2) is 0 Å². The molecule has 1 saturated heterocycles. The van der Waals surface area contributed by atoms with Crippen LogP contribution in [-0.4, -0.2) is 29.0 Å². The summed E-state index contributed by atoms with van der Waals surface area (Å²) < 4.78 is 28.4. The van der Waals surface area contributed by atoms with Gasteiger partial charge in [-0.3, -0.25) is 9.59 Å². The van der Waals surface area contributed by atoms with Gasteiger partial charge in [0.2, 0.25) is 5.91 Å². The summed E-state index contributed by atoms with van der Waals surface area (Å²) in [6.45, 7) is 0. The molecule has 2 aliphatic rings. The Labute approximate surface area is 176 Å². The van der Waals surface area contributed by atoms with Gasteiger partial charge < -0.3 is 15.6 Å². The number of hydrogen-bond acceptors (Lipinski definition) is 4. The van der Waals surface area contributed by atoms with Crippen LogP contribution in [0, 0.1) is 28.9 Å². The predicted molar refractivity (Wildman–Crippen MR) is 111 cm³/mol. The van der Waals surface area contributed by atoms with Crippen molar-refractivity contribution in [1.29, 1.82) is 5.26 Å². The zero-order valence-electron chi connectivity index (χ0n) is 16.5. The maximum atomic E-state index is 14.9. The number of H-pyrrole nitrogens is 1. The number of hydrogen-bond donors (Lipinski definition) is 3. The minimum Gasteiger partial charge on any atom is -0.339 e. The number of nitrogens with zero attached hydrogens (tertiary/aromatic N) is 1. The number of amides is 1. The first-order valence-electron chi connectivity index (χ1n) is 10.3. The number of halogens is 2. The first-order chi connectivity index (χ1) is 14.9. The quantitative estimate of drug-likeness (QED) is 0.563. The molecule has 1 aromatic heterocycles. The Kier molecular flexibility index (Phi) is 4.71. The van der Waals surface area contributed by atoms with Gasteiger partial charge >= 0.3 is 0 Å². The number of nitrogens with one attached hydrogen (secondary N) is 3. The molecule has 2 fully saturated rings. The highest BCUT2D eigenvalue weighted by atomic mass is 19.1. The van der Waals surface area contributed by atoms with Crippen molar-refractivity contribution >= 4 is 27.6 Å². The number of nitriles is 1. The average molecular weight is 422 g/mol. The maximum absolute atomic E-state index is 14.9. The van der Waals surface area contributed by atoms with E-state index in [4.69, 9.17) is 0 Å². The van der Waals surface area contributed by atoms with Crippen LogP contribution in [0.15, 0.2) is 35.1 Å². The molecule has 1 amide bonds. The second kappa shape index (κ2) is 7.43. The number of fused-ring (bicyclic) bond motifs is 5. The number of rotatable bonds is 4. The van der Waals surface area contributed by atoms with Gasteiger partial charge in [0, 0.05) is 23.2 Å². The van der Waals surface area contributed by atoms with E-state index in [0.717, 1.165) is 19.3 Å². The Morgan fingerprint density at radius 2 is 2.03 bits per heavy atom. The highest BCUT2D eigenvalue weighted by Crippen LogP contribution is 2.35. The fourth-order valence-corrected chi connectivity index (χ4v) is 4.99. The lowest BCUT2D eigenvalue weighted by molar-refractivity contribution is -0.124. The SMILES string of the molecule is N#CC(Cc1cc2c(=O)[nH]c3cc(F)ccc3c2cc1F)NC(=O)[C@H]1N[C@@H]2CC[C@H]1C2. The molecule has 158 valence electrons. The van der Waals surface area contributed by atoms with Gasteiger partial charge in [-0.05, 0) is 66.5 Å². The third-order valence-electron chi connectivity index (χ3n) is 6.49. The number of aromatic nitrogens is 1. The number of carbonyl (C=O) groups excluding carboxylic acids is 1. The normalized spacial score (nSPS) is 23.2. The van der Waals surface area contributed by atoms with Crippen LogP contribution in [0.25, 0.3) is 21.7 Å². The molecule has 1 aliphatic heterocycles. The molecule has 8 heteroatoms. The van der Waals surface area contributed by atoms with E-state index in [1.807, 2.05) is 6.07 Å². The minimum atomic E-state index is -0.922. The Morgan fingerprint density at radius 3 is 2.74 bits per heavy atom. The van der Waals surface area contributed by atoms with Crippen molar-refractivity contribution in [2.24, 2.45) is 5.92 Å². The Balaban J connectivity index is 1.43. The number of piperidine rings is 1. The smallest absolute Gasteiger partial charge is 0.256 e. The molecule has 2 bridgehead atoms. The summed E-state index contributed by atoms with van der Waals surface area (Å²) in [4.78, 5) is 27.7. The molecule has 2 heterocycles. The lowest BCUT2D eigenvalue weighted by atomic mass is 9.97. The molecule has 1 unspecified atom stereocenters. The van der Waals surface area contributed by atoms with E-state index in [1.165, 1.54) is 30.3 Å². The first kappa shape index (κ1) is 19.6. The zero-order chi connectivity index (χ0) is 21.7. The summed E-state index contributed by atoms with van der Waals surface area (Å²) >= 11 is 0. The Hall–Kier alpha value is -3.31. The standard InChI is InChI=1S/C23H20F2N4O2/c24-13-2-4-16-17-9-19(25)12(7-18(17)22(30)29-20(16)8-13)6-15(10-26)28-23(31)21-11-1-3-14(5-11)27-21/h2,4,7-9,11,14-15,21,27H,1,3,5-6H2,(H,28,31)(H,29,30)/t11-,14+,15?,21-/m0/s1. The van der Waals surface area contributed by atoms with Gasteiger partial charge in [-0.15, -0.1) is 0 Å². The zero-order valence-corrected chi connectivity index (χ0v) is 16.5. The third kappa shape index (κ3) is 3.45. The minimum absolute atomic E-state index is 0.0638. The molecule has 5 rings (SSSR count).